The fourth-order valence-electron chi connectivity index (χ4n) is 2.56. The summed E-state index contributed by atoms with van der Waals surface area (Å²) in [6, 6.07) is 8.53. The predicted molar refractivity (Wildman–Crippen MR) is 71.5 cm³/mol. The van der Waals surface area contributed by atoms with Crippen molar-refractivity contribution in [1.29, 1.82) is 0 Å². The van der Waals surface area contributed by atoms with Gasteiger partial charge in [-0.05, 0) is 52.1 Å². The third-order valence-electron chi connectivity index (χ3n) is 3.33. The normalized spacial score (nSPS) is 16.7. The Morgan fingerprint density at radius 1 is 1.25 bits per heavy atom. The lowest BCUT2D eigenvalue weighted by Crippen LogP contribution is -2.24. The third-order valence-corrected chi connectivity index (χ3v) is 4.56. The summed E-state index contributed by atoms with van der Waals surface area (Å²) in [6.45, 7) is 4.59. The Morgan fingerprint density at radius 3 is 2.88 bits per heavy atom. The zero-order valence-corrected chi connectivity index (χ0v) is 11.0. The van der Waals surface area contributed by atoms with Gasteiger partial charge in [-0.3, -0.25) is 0 Å². The second-order valence-corrected chi connectivity index (χ2v) is 6.38. The van der Waals surface area contributed by atoms with Gasteiger partial charge in [0.15, 0.2) is 0 Å². The van der Waals surface area contributed by atoms with E-state index in [9.17, 15) is 0 Å². The van der Waals surface area contributed by atoms with Crippen molar-refractivity contribution in [1.82, 2.24) is 0 Å². The molecule has 0 atom stereocenters. The highest BCUT2D eigenvalue weighted by Gasteiger charge is 2.31. The third kappa shape index (κ3) is 1.42. The van der Waals surface area contributed by atoms with E-state index in [1.165, 1.54) is 21.6 Å². The second kappa shape index (κ2) is 3.35. The molecule has 3 rings (SSSR count). The number of fused-ring (bicyclic) bond motifs is 3. The summed E-state index contributed by atoms with van der Waals surface area (Å²) in [5.41, 5.74) is 4.42. The average molecular weight is 249 g/mol. The molecule has 0 nitrogen and oxygen atoms in total. The number of benzene rings is 1. The Labute approximate surface area is 105 Å². The molecule has 0 radical (unpaired) electrons. The van der Waals surface area contributed by atoms with Crippen molar-refractivity contribution in [3.05, 3.63) is 45.8 Å². The van der Waals surface area contributed by atoms with Crippen LogP contribution in [0.15, 0.2) is 29.6 Å². The van der Waals surface area contributed by atoms with Crippen LogP contribution in [0.3, 0.4) is 0 Å². The molecule has 0 N–H and O–H groups in total. The van der Waals surface area contributed by atoms with Gasteiger partial charge in [-0.15, -0.1) is 11.3 Å². The van der Waals surface area contributed by atoms with Crippen LogP contribution in [0.5, 0.6) is 0 Å². The Hall–Kier alpha value is -0.790. The van der Waals surface area contributed by atoms with Crippen LogP contribution >= 0.6 is 22.9 Å². The molecule has 2 heteroatoms. The summed E-state index contributed by atoms with van der Waals surface area (Å²) in [5, 5.41) is 3.02. The van der Waals surface area contributed by atoms with Gasteiger partial charge < -0.3 is 0 Å². The molecule has 0 bridgehead atoms. The van der Waals surface area contributed by atoms with E-state index in [0.29, 0.717) is 0 Å². The van der Waals surface area contributed by atoms with Crippen LogP contribution in [-0.2, 0) is 11.8 Å². The molecule has 0 saturated carbocycles. The maximum atomic E-state index is 6.11. The van der Waals surface area contributed by atoms with Crippen LogP contribution in [0, 0.1) is 0 Å². The minimum Gasteiger partial charge on any atom is -0.144 e. The lowest BCUT2D eigenvalue weighted by atomic mass is 9.73. The molecule has 82 valence electrons. The largest absolute Gasteiger partial charge is 0.144 e. The molecule has 1 aliphatic rings. The van der Waals surface area contributed by atoms with E-state index in [-0.39, 0.29) is 5.41 Å². The number of thiophene rings is 1. The highest BCUT2D eigenvalue weighted by Crippen LogP contribution is 2.46. The van der Waals surface area contributed by atoms with Gasteiger partial charge in [-0.1, -0.05) is 31.5 Å². The first-order valence-electron chi connectivity index (χ1n) is 5.45. The van der Waals surface area contributed by atoms with Crippen LogP contribution in [0.2, 0.25) is 5.02 Å². The summed E-state index contributed by atoms with van der Waals surface area (Å²) in [4.78, 5) is 1.42. The van der Waals surface area contributed by atoms with E-state index in [1.54, 1.807) is 0 Å². The fourth-order valence-corrected chi connectivity index (χ4v) is 3.69. The standard InChI is InChI=1S/C14H13ClS/c1-14(2)8-9-5-6-16-13(9)11-4-3-10(15)7-12(11)14/h3-7H,8H2,1-2H3. The van der Waals surface area contributed by atoms with Gasteiger partial charge >= 0.3 is 0 Å². The van der Waals surface area contributed by atoms with Crippen molar-refractivity contribution in [2.75, 3.05) is 0 Å². The fraction of sp³-hybridized carbons (Fsp3) is 0.286. The van der Waals surface area contributed by atoms with Crippen LogP contribution in [-0.4, -0.2) is 0 Å². The summed E-state index contributed by atoms with van der Waals surface area (Å²) in [7, 11) is 0. The van der Waals surface area contributed by atoms with Crippen molar-refractivity contribution >= 4 is 22.9 Å². The smallest absolute Gasteiger partial charge is 0.0409 e. The van der Waals surface area contributed by atoms with Gasteiger partial charge in [0.1, 0.15) is 0 Å². The van der Waals surface area contributed by atoms with E-state index in [1.807, 2.05) is 17.4 Å². The first-order valence-corrected chi connectivity index (χ1v) is 6.70. The van der Waals surface area contributed by atoms with Crippen LogP contribution in [0.4, 0.5) is 0 Å². The summed E-state index contributed by atoms with van der Waals surface area (Å²) in [5.74, 6) is 0. The monoisotopic (exact) mass is 248 g/mol. The van der Waals surface area contributed by atoms with Crippen molar-refractivity contribution < 1.29 is 0 Å². The number of hydrogen-bond donors (Lipinski definition) is 0. The highest BCUT2D eigenvalue weighted by atomic mass is 35.5. The zero-order chi connectivity index (χ0) is 11.3. The first-order chi connectivity index (χ1) is 7.58. The quantitative estimate of drug-likeness (QED) is 0.622. The SMILES string of the molecule is CC1(C)Cc2ccsc2-c2ccc(Cl)cc21. The summed E-state index contributed by atoms with van der Waals surface area (Å²) >= 11 is 7.94. The van der Waals surface area contributed by atoms with Gasteiger partial charge in [-0.25, -0.2) is 0 Å². The molecule has 0 unspecified atom stereocenters. The first kappa shape index (κ1) is 10.4. The molecule has 0 spiro atoms. The molecule has 1 heterocycles. The molecule has 1 aromatic carbocycles. The van der Waals surface area contributed by atoms with Gasteiger partial charge in [0, 0.05) is 9.90 Å². The lowest BCUT2D eigenvalue weighted by Gasteiger charge is -2.32. The van der Waals surface area contributed by atoms with Crippen molar-refractivity contribution in [2.24, 2.45) is 0 Å². The predicted octanol–water partition coefficient (Wildman–Crippen LogP) is 4.90. The van der Waals surface area contributed by atoms with Crippen molar-refractivity contribution in [3.63, 3.8) is 0 Å². The van der Waals surface area contributed by atoms with Crippen molar-refractivity contribution in [2.45, 2.75) is 25.7 Å². The number of halogens is 1. The molecule has 0 aliphatic heterocycles. The highest BCUT2D eigenvalue weighted by molar-refractivity contribution is 7.13. The number of hydrogen-bond acceptors (Lipinski definition) is 1. The Balaban J connectivity index is 2.33. The molecular weight excluding hydrogens is 236 g/mol. The lowest BCUT2D eigenvalue weighted by molar-refractivity contribution is 0.518. The Bertz CT molecular complexity index is 552. The molecule has 2 aromatic rings. The van der Waals surface area contributed by atoms with E-state index in [0.717, 1.165) is 11.4 Å². The van der Waals surface area contributed by atoms with E-state index >= 15 is 0 Å². The van der Waals surface area contributed by atoms with E-state index < -0.39 is 0 Å². The van der Waals surface area contributed by atoms with Crippen LogP contribution in [0.1, 0.15) is 25.0 Å². The van der Waals surface area contributed by atoms with Crippen LogP contribution < -0.4 is 0 Å². The minimum atomic E-state index is 0.189. The van der Waals surface area contributed by atoms with E-state index in [4.69, 9.17) is 11.6 Å². The van der Waals surface area contributed by atoms with Gasteiger partial charge in [0.05, 0.1) is 0 Å². The summed E-state index contributed by atoms with van der Waals surface area (Å²) < 4.78 is 0. The zero-order valence-electron chi connectivity index (χ0n) is 9.38. The molecule has 0 amide bonds. The molecular formula is C14H13ClS. The second-order valence-electron chi connectivity index (χ2n) is 5.03. The maximum Gasteiger partial charge on any atom is 0.0409 e. The summed E-state index contributed by atoms with van der Waals surface area (Å²) in [6.07, 6.45) is 1.11. The number of rotatable bonds is 0. The minimum absolute atomic E-state index is 0.189. The van der Waals surface area contributed by atoms with E-state index in [2.05, 4.69) is 37.4 Å². The topological polar surface area (TPSA) is 0 Å². The molecule has 1 aliphatic carbocycles. The van der Waals surface area contributed by atoms with Gasteiger partial charge in [-0.2, -0.15) is 0 Å². The van der Waals surface area contributed by atoms with Crippen molar-refractivity contribution in [3.8, 4) is 10.4 Å². The Kier molecular flexibility index (Phi) is 2.17. The average Bonchev–Trinajstić information content (AvgIpc) is 2.65. The van der Waals surface area contributed by atoms with Crippen LogP contribution in [0.25, 0.3) is 10.4 Å². The molecule has 0 saturated heterocycles. The van der Waals surface area contributed by atoms with Gasteiger partial charge in [0.25, 0.3) is 0 Å². The maximum absolute atomic E-state index is 6.11. The molecule has 0 fully saturated rings. The molecule has 1 aromatic heterocycles. The Morgan fingerprint density at radius 2 is 2.06 bits per heavy atom. The molecule has 16 heavy (non-hydrogen) atoms. The van der Waals surface area contributed by atoms with Gasteiger partial charge in [0.2, 0.25) is 0 Å².